The summed E-state index contributed by atoms with van der Waals surface area (Å²) in [6, 6.07) is 14.4. The molecule has 3 N–H and O–H groups in total. The highest BCUT2D eigenvalue weighted by molar-refractivity contribution is 6.31. The summed E-state index contributed by atoms with van der Waals surface area (Å²) in [7, 11) is 0. The summed E-state index contributed by atoms with van der Waals surface area (Å²) in [5.74, 6) is 0.815. The number of imidazole rings is 1. The maximum absolute atomic E-state index is 6.31. The lowest BCUT2D eigenvalue weighted by Crippen LogP contribution is -2.39. The van der Waals surface area contributed by atoms with E-state index in [1.165, 1.54) is 19.3 Å². The van der Waals surface area contributed by atoms with Gasteiger partial charge in [0.2, 0.25) is 0 Å². The Morgan fingerprint density at radius 2 is 2.04 bits per heavy atom. The molecule has 4 aromatic rings. The number of anilines is 1. The smallest absolute Gasteiger partial charge is 0.142 e. The molecule has 1 aliphatic rings. The van der Waals surface area contributed by atoms with E-state index in [1.807, 2.05) is 48.7 Å². The highest BCUT2D eigenvalue weighted by atomic mass is 35.5. The van der Waals surface area contributed by atoms with Gasteiger partial charge in [-0.25, -0.2) is 4.98 Å². The Kier molecular flexibility index (Phi) is 4.63. The minimum Gasteiger partial charge on any atom is -0.382 e. The van der Waals surface area contributed by atoms with Crippen LogP contribution in [0.2, 0.25) is 5.02 Å². The lowest BCUT2D eigenvalue weighted by Gasteiger charge is -2.25. The highest BCUT2D eigenvalue weighted by Gasteiger charge is 2.17. The summed E-state index contributed by atoms with van der Waals surface area (Å²) >= 11 is 6.31. The van der Waals surface area contributed by atoms with Crippen LogP contribution < -0.4 is 10.6 Å². The van der Waals surface area contributed by atoms with Crippen molar-refractivity contribution in [3.63, 3.8) is 0 Å². The van der Waals surface area contributed by atoms with Gasteiger partial charge in [0, 0.05) is 29.2 Å². The van der Waals surface area contributed by atoms with E-state index < -0.39 is 0 Å². The molecule has 0 saturated carbocycles. The number of aromatic nitrogens is 3. The molecule has 6 heteroatoms. The Labute approximate surface area is 168 Å². The number of nitrogens with one attached hydrogen (secondary N) is 3. The second kappa shape index (κ2) is 7.41. The molecule has 0 bridgehead atoms. The fourth-order valence-corrected chi connectivity index (χ4v) is 4.11. The zero-order chi connectivity index (χ0) is 18.9. The summed E-state index contributed by atoms with van der Waals surface area (Å²) in [5, 5.41) is 9.00. The van der Waals surface area contributed by atoms with Gasteiger partial charge in [-0.15, -0.1) is 0 Å². The predicted molar refractivity (Wildman–Crippen MR) is 116 cm³/mol. The normalized spacial score (nSPS) is 17.2. The summed E-state index contributed by atoms with van der Waals surface area (Å²) in [5.41, 5.74) is 4.87. The number of hydrogen-bond donors (Lipinski definition) is 3. The van der Waals surface area contributed by atoms with E-state index in [0.717, 1.165) is 52.1 Å². The molecule has 142 valence electrons. The first-order valence-electron chi connectivity index (χ1n) is 9.78. The Morgan fingerprint density at radius 3 is 2.89 bits per heavy atom. The Hall–Kier alpha value is -2.63. The first kappa shape index (κ1) is 17.5. The zero-order valence-corrected chi connectivity index (χ0v) is 16.3. The minimum absolute atomic E-state index is 0.472. The minimum atomic E-state index is 0.472. The zero-order valence-electron chi connectivity index (χ0n) is 15.5. The maximum atomic E-state index is 6.31. The largest absolute Gasteiger partial charge is 0.382 e. The van der Waals surface area contributed by atoms with Crippen molar-refractivity contribution in [2.45, 2.75) is 25.3 Å². The molecule has 1 atom stereocenters. The Bertz CT molecular complexity index is 1100. The van der Waals surface area contributed by atoms with Gasteiger partial charge in [0.05, 0.1) is 27.8 Å². The van der Waals surface area contributed by atoms with Crippen LogP contribution in [0.3, 0.4) is 0 Å². The van der Waals surface area contributed by atoms with Crippen molar-refractivity contribution >= 4 is 39.2 Å². The van der Waals surface area contributed by atoms with E-state index in [9.17, 15) is 0 Å². The number of para-hydroxylation sites is 2. The molecule has 5 rings (SSSR count). The topological polar surface area (TPSA) is 65.6 Å². The van der Waals surface area contributed by atoms with Crippen LogP contribution in [0.25, 0.3) is 33.3 Å². The van der Waals surface area contributed by atoms with Crippen molar-refractivity contribution in [2.75, 3.05) is 18.4 Å². The number of H-pyrrole nitrogens is 1. The van der Waals surface area contributed by atoms with E-state index in [0.29, 0.717) is 11.1 Å². The van der Waals surface area contributed by atoms with Crippen LogP contribution in [0, 0.1) is 0 Å². The average Bonchev–Trinajstić information content (AvgIpc) is 3.16. The second-order valence-corrected chi connectivity index (χ2v) is 7.78. The SMILES string of the molecule is Clc1ccc2ncc(-c3nc4ccccc4[nH]3)c(NC[C@@H]3CCCCN3)c2c1. The quantitative estimate of drug-likeness (QED) is 0.458. The summed E-state index contributed by atoms with van der Waals surface area (Å²) in [4.78, 5) is 12.9. The van der Waals surface area contributed by atoms with Gasteiger partial charge >= 0.3 is 0 Å². The first-order valence-corrected chi connectivity index (χ1v) is 10.2. The van der Waals surface area contributed by atoms with Gasteiger partial charge in [-0.05, 0) is 49.7 Å². The van der Waals surface area contributed by atoms with E-state index in [4.69, 9.17) is 16.6 Å². The van der Waals surface area contributed by atoms with Crippen LogP contribution in [-0.2, 0) is 0 Å². The van der Waals surface area contributed by atoms with Crippen LogP contribution >= 0.6 is 11.6 Å². The van der Waals surface area contributed by atoms with E-state index in [2.05, 4.69) is 20.6 Å². The molecule has 1 aliphatic heterocycles. The van der Waals surface area contributed by atoms with Gasteiger partial charge in [-0.1, -0.05) is 30.2 Å². The third-order valence-electron chi connectivity index (χ3n) is 5.41. The van der Waals surface area contributed by atoms with Crippen molar-refractivity contribution in [2.24, 2.45) is 0 Å². The van der Waals surface area contributed by atoms with Crippen molar-refractivity contribution < 1.29 is 0 Å². The predicted octanol–water partition coefficient (Wildman–Crippen LogP) is 4.99. The molecular weight excluding hydrogens is 370 g/mol. The van der Waals surface area contributed by atoms with Gasteiger partial charge in [0.1, 0.15) is 5.82 Å². The van der Waals surface area contributed by atoms with Crippen molar-refractivity contribution in [1.29, 1.82) is 0 Å². The van der Waals surface area contributed by atoms with Gasteiger partial charge in [0.25, 0.3) is 0 Å². The van der Waals surface area contributed by atoms with E-state index >= 15 is 0 Å². The molecule has 1 saturated heterocycles. The van der Waals surface area contributed by atoms with Gasteiger partial charge in [0.15, 0.2) is 0 Å². The number of benzene rings is 2. The van der Waals surface area contributed by atoms with E-state index in [1.54, 1.807) is 0 Å². The number of aromatic amines is 1. The number of pyridine rings is 1. The maximum Gasteiger partial charge on any atom is 0.142 e. The number of nitrogens with zero attached hydrogens (tertiary/aromatic N) is 2. The lowest BCUT2D eigenvalue weighted by atomic mass is 10.0. The average molecular weight is 392 g/mol. The number of halogens is 1. The van der Waals surface area contributed by atoms with Crippen molar-refractivity contribution in [3.8, 4) is 11.4 Å². The van der Waals surface area contributed by atoms with Gasteiger partial charge in [-0.3, -0.25) is 4.98 Å². The van der Waals surface area contributed by atoms with Crippen LogP contribution in [-0.4, -0.2) is 34.1 Å². The molecule has 0 aliphatic carbocycles. The van der Waals surface area contributed by atoms with Crippen LogP contribution in [0.5, 0.6) is 0 Å². The third-order valence-corrected chi connectivity index (χ3v) is 5.65. The molecule has 3 heterocycles. The number of hydrogen-bond acceptors (Lipinski definition) is 4. The summed E-state index contributed by atoms with van der Waals surface area (Å²) in [6.45, 7) is 1.95. The van der Waals surface area contributed by atoms with Crippen molar-refractivity contribution in [3.05, 3.63) is 53.7 Å². The van der Waals surface area contributed by atoms with Crippen LogP contribution in [0.4, 0.5) is 5.69 Å². The molecule has 28 heavy (non-hydrogen) atoms. The molecule has 0 unspecified atom stereocenters. The van der Waals surface area contributed by atoms with Crippen molar-refractivity contribution in [1.82, 2.24) is 20.3 Å². The number of piperidine rings is 1. The Balaban J connectivity index is 1.60. The molecule has 2 aromatic carbocycles. The molecule has 0 spiro atoms. The lowest BCUT2D eigenvalue weighted by molar-refractivity contribution is 0.414. The second-order valence-electron chi connectivity index (χ2n) is 7.34. The number of fused-ring (bicyclic) bond motifs is 2. The molecule has 5 nitrogen and oxygen atoms in total. The van der Waals surface area contributed by atoms with Crippen LogP contribution in [0.15, 0.2) is 48.7 Å². The molecule has 0 amide bonds. The van der Waals surface area contributed by atoms with Crippen LogP contribution in [0.1, 0.15) is 19.3 Å². The first-order chi connectivity index (χ1) is 13.8. The molecule has 2 aromatic heterocycles. The fraction of sp³-hybridized carbons (Fsp3) is 0.273. The van der Waals surface area contributed by atoms with E-state index in [-0.39, 0.29) is 0 Å². The summed E-state index contributed by atoms with van der Waals surface area (Å²) in [6.07, 6.45) is 5.62. The summed E-state index contributed by atoms with van der Waals surface area (Å²) < 4.78 is 0. The third kappa shape index (κ3) is 3.32. The fourth-order valence-electron chi connectivity index (χ4n) is 3.94. The number of rotatable bonds is 4. The molecule has 1 fully saturated rings. The Morgan fingerprint density at radius 1 is 1.11 bits per heavy atom. The van der Waals surface area contributed by atoms with Gasteiger partial charge < -0.3 is 15.6 Å². The molecule has 0 radical (unpaired) electrons. The highest BCUT2D eigenvalue weighted by Crippen LogP contribution is 2.34. The van der Waals surface area contributed by atoms with Gasteiger partial charge in [-0.2, -0.15) is 0 Å². The standard InChI is InChI=1S/C22H22ClN5/c23-14-8-9-18-16(11-14)21(26-12-15-5-3-4-10-24-15)17(13-25-18)22-27-19-6-1-2-7-20(19)28-22/h1-2,6-9,11,13,15,24H,3-5,10,12H2,(H,25,26)(H,27,28)/t15-/m0/s1. The molecular formula is C22H22ClN5. The monoisotopic (exact) mass is 391 g/mol.